The molecule has 0 saturated carbocycles. The van der Waals surface area contributed by atoms with E-state index in [2.05, 4.69) is 4.90 Å². The van der Waals surface area contributed by atoms with E-state index >= 15 is 0 Å². The molecule has 0 unspecified atom stereocenters. The zero-order valence-corrected chi connectivity index (χ0v) is 10.8. The fourth-order valence-corrected chi connectivity index (χ4v) is 1.99. The molecular weight excluding hydrogens is 226 g/mol. The Balaban J connectivity index is 3.59. The Morgan fingerprint density at radius 2 is 1.56 bits per heavy atom. The molecule has 0 aromatic heterocycles. The normalized spacial score (nSPS) is 11.0. The van der Waals surface area contributed by atoms with Crippen molar-refractivity contribution in [3.63, 3.8) is 0 Å². The first-order valence-corrected chi connectivity index (χ1v) is 6.76. The van der Waals surface area contributed by atoms with Crippen LogP contribution in [0.2, 0.25) is 0 Å². The van der Waals surface area contributed by atoms with Gasteiger partial charge >= 0.3 is 0 Å². The van der Waals surface area contributed by atoms with E-state index in [-0.39, 0.29) is 18.3 Å². The zero-order valence-electron chi connectivity index (χ0n) is 10.0. The highest BCUT2D eigenvalue weighted by Gasteiger charge is 2.04. The second-order valence-electron chi connectivity index (χ2n) is 3.69. The van der Waals surface area contributed by atoms with Crippen molar-refractivity contribution in [3.8, 4) is 0 Å². The van der Waals surface area contributed by atoms with Gasteiger partial charge in [0.1, 0.15) is 0 Å². The number of aliphatic hydroxyl groups excluding tert-OH is 2. The maximum absolute atomic E-state index is 10.7. The van der Waals surface area contributed by atoms with E-state index in [0.717, 1.165) is 44.6 Å². The first-order chi connectivity index (χ1) is 7.70. The highest BCUT2D eigenvalue weighted by molar-refractivity contribution is 8.13. The van der Waals surface area contributed by atoms with Crippen LogP contribution < -0.4 is 0 Å². The predicted octanol–water partition coefficient (Wildman–Crippen LogP) is 0.723. The van der Waals surface area contributed by atoms with Crippen LogP contribution in [0.25, 0.3) is 0 Å². The molecule has 0 fully saturated rings. The lowest BCUT2D eigenvalue weighted by molar-refractivity contribution is -0.109. The standard InChI is InChI=1S/C11H23NO3S/c1-11(15)16-10-4-7-12(5-2-8-13)6-3-9-14/h13-14H,2-10H2,1H3. The van der Waals surface area contributed by atoms with Crippen LogP contribution in [0.3, 0.4) is 0 Å². The largest absolute Gasteiger partial charge is 0.396 e. The second-order valence-corrected chi connectivity index (χ2v) is 4.96. The zero-order chi connectivity index (χ0) is 12.2. The van der Waals surface area contributed by atoms with Crippen LogP contribution in [0.15, 0.2) is 0 Å². The van der Waals surface area contributed by atoms with Crippen molar-refractivity contribution in [1.82, 2.24) is 4.90 Å². The van der Waals surface area contributed by atoms with Gasteiger partial charge in [-0.2, -0.15) is 0 Å². The number of thioether (sulfide) groups is 1. The molecule has 0 aliphatic rings. The number of aliphatic hydroxyl groups is 2. The number of carbonyl (C=O) groups is 1. The maximum atomic E-state index is 10.7. The van der Waals surface area contributed by atoms with Crippen LogP contribution in [0.5, 0.6) is 0 Å². The van der Waals surface area contributed by atoms with Gasteiger partial charge in [0.2, 0.25) is 0 Å². The topological polar surface area (TPSA) is 60.8 Å². The number of rotatable bonds is 10. The average Bonchev–Trinajstić information content (AvgIpc) is 2.26. The summed E-state index contributed by atoms with van der Waals surface area (Å²) in [5, 5.41) is 17.7. The molecule has 4 nitrogen and oxygen atoms in total. The summed E-state index contributed by atoms with van der Waals surface area (Å²) in [6, 6.07) is 0. The van der Waals surface area contributed by atoms with Gasteiger partial charge in [-0.1, -0.05) is 11.8 Å². The Labute approximate surface area is 102 Å². The Morgan fingerprint density at radius 1 is 1.06 bits per heavy atom. The molecule has 0 saturated heterocycles. The van der Waals surface area contributed by atoms with E-state index in [1.165, 1.54) is 11.8 Å². The van der Waals surface area contributed by atoms with Gasteiger partial charge in [-0.05, 0) is 25.8 Å². The SMILES string of the molecule is CC(=O)SCCCN(CCCO)CCCO. The first-order valence-electron chi connectivity index (χ1n) is 5.78. The minimum atomic E-state index is 0.164. The van der Waals surface area contributed by atoms with Crippen molar-refractivity contribution in [2.75, 3.05) is 38.6 Å². The molecule has 0 rings (SSSR count). The van der Waals surface area contributed by atoms with E-state index in [0.29, 0.717) is 0 Å². The number of nitrogens with zero attached hydrogens (tertiary/aromatic N) is 1. The first kappa shape index (κ1) is 15.9. The van der Waals surface area contributed by atoms with Gasteiger partial charge in [0, 0.05) is 39.0 Å². The Hall–Kier alpha value is -0.100. The van der Waals surface area contributed by atoms with Gasteiger partial charge in [0.05, 0.1) is 0 Å². The maximum Gasteiger partial charge on any atom is 0.185 e. The van der Waals surface area contributed by atoms with Crippen LogP contribution >= 0.6 is 11.8 Å². The molecule has 0 bridgehead atoms. The molecule has 0 aliphatic carbocycles. The van der Waals surface area contributed by atoms with Gasteiger partial charge in [-0.25, -0.2) is 0 Å². The van der Waals surface area contributed by atoms with Crippen LogP contribution in [0.4, 0.5) is 0 Å². The molecule has 0 atom stereocenters. The van der Waals surface area contributed by atoms with Crippen molar-refractivity contribution in [3.05, 3.63) is 0 Å². The quantitative estimate of drug-likeness (QED) is 0.559. The summed E-state index contributed by atoms with van der Waals surface area (Å²) < 4.78 is 0. The fraction of sp³-hybridized carbons (Fsp3) is 0.909. The molecule has 0 aromatic rings. The molecule has 0 aliphatic heterocycles. The molecule has 0 aromatic carbocycles. The summed E-state index contributed by atoms with van der Waals surface area (Å²) in [4.78, 5) is 12.9. The van der Waals surface area contributed by atoms with Crippen LogP contribution in [-0.2, 0) is 4.79 Å². The summed E-state index contributed by atoms with van der Waals surface area (Å²) in [7, 11) is 0. The van der Waals surface area contributed by atoms with E-state index in [4.69, 9.17) is 10.2 Å². The summed E-state index contributed by atoms with van der Waals surface area (Å²) in [5.41, 5.74) is 0. The molecule has 2 N–H and O–H groups in total. The summed E-state index contributed by atoms with van der Waals surface area (Å²) in [6.07, 6.45) is 2.51. The highest BCUT2D eigenvalue weighted by atomic mass is 32.2. The van der Waals surface area contributed by atoms with E-state index in [1.54, 1.807) is 6.92 Å². The molecule has 0 radical (unpaired) electrons. The molecule has 0 heterocycles. The molecule has 5 heteroatoms. The van der Waals surface area contributed by atoms with Crippen LogP contribution in [0.1, 0.15) is 26.2 Å². The lowest BCUT2D eigenvalue weighted by Gasteiger charge is -2.21. The van der Waals surface area contributed by atoms with Gasteiger partial charge in [0.25, 0.3) is 0 Å². The fourth-order valence-electron chi connectivity index (χ4n) is 1.43. The molecule has 96 valence electrons. The van der Waals surface area contributed by atoms with Crippen molar-refractivity contribution in [2.24, 2.45) is 0 Å². The molecule has 0 amide bonds. The third-order valence-corrected chi connectivity index (χ3v) is 3.09. The van der Waals surface area contributed by atoms with E-state index in [1.807, 2.05) is 0 Å². The molecule has 16 heavy (non-hydrogen) atoms. The summed E-state index contributed by atoms with van der Waals surface area (Å²) in [6.45, 7) is 4.65. The summed E-state index contributed by atoms with van der Waals surface area (Å²) in [5.74, 6) is 0.851. The number of hydrogen-bond donors (Lipinski definition) is 2. The minimum Gasteiger partial charge on any atom is -0.396 e. The van der Waals surface area contributed by atoms with Gasteiger partial charge in [0.15, 0.2) is 5.12 Å². The predicted molar refractivity (Wildman–Crippen MR) is 67.6 cm³/mol. The number of hydrogen-bond acceptors (Lipinski definition) is 5. The summed E-state index contributed by atoms with van der Waals surface area (Å²) >= 11 is 1.36. The third kappa shape index (κ3) is 10.4. The minimum absolute atomic E-state index is 0.164. The average molecular weight is 249 g/mol. The molecule has 0 spiro atoms. The van der Waals surface area contributed by atoms with Crippen molar-refractivity contribution >= 4 is 16.9 Å². The van der Waals surface area contributed by atoms with Gasteiger partial charge in [-0.15, -0.1) is 0 Å². The number of carbonyl (C=O) groups excluding carboxylic acids is 1. The lowest BCUT2D eigenvalue weighted by Crippen LogP contribution is -2.28. The van der Waals surface area contributed by atoms with Crippen LogP contribution in [-0.4, -0.2) is 58.8 Å². The smallest absolute Gasteiger partial charge is 0.185 e. The van der Waals surface area contributed by atoms with Gasteiger partial charge in [-0.3, -0.25) is 4.79 Å². The monoisotopic (exact) mass is 249 g/mol. The third-order valence-electron chi connectivity index (χ3n) is 2.19. The van der Waals surface area contributed by atoms with E-state index in [9.17, 15) is 4.79 Å². The van der Waals surface area contributed by atoms with Gasteiger partial charge < -0.3 is 15.1 Å². The van der Waals surface area contributed by atoms with Crippen molar-refractivity contribution < 1.29 is 15.0 Å². The Morgan fingerprint density at radius 3 is 2.00 bits per heavy atom. The van der Waals surface area contributed by atoms with Crippen LogP contribution in [0, 0.1) is 0 Å². The lowest BCUT2D eigenvalue weighted by atomic mass is 10.3. The Bertz CT molecular complexity index is 171. The Kier molecular flexibility index (Phi) is 11.3. The van der Waals surface area contributed by atoms with Crippen molar-refractivity contribution in [1.29, 1.82) is 0 Å². The second kappa shape index (κ2) is 11.4. The highest BCUT2D eigenvalue weighted by Crippen LogP contribution is 2.05. The molecular formula is C11H23NO3S. The van der Waals surface area contributed by atoms with Crippen molar-refractivity contribution in [2.45, 2.75) is 26.2 Å². The van der Waals surface area contributed by atoms with E-state index < -0.39 is 0 Å².